The number of hydrogen-bond acceptors (Lipinski definition) is 3. The molecule has 0 radical (unpaired) electrons. The molecule has 0 heterocycles. The van der Waals surface area contributed by atoms with Crippen LogP contribution >= 0.6 is 0 Å². The Kier molecular flexibility index (Phi) is 15.9. The summed E-state index contributed by atoms with van der Waals surface area (Å²) < 4.78 is 4.77. The molecule has 3 heteroatoms. The van der Waals surface area contributed by atoms with Crippen LogP contribution in [0.1, 0.15) is 104 Å². The highest BCUT2D eigenvalue weighted by Crippen LogP contribution is 2.12. The number of rotatable bonds is 16. The maximum Gasteiger partial charge on any atom is 0.313 e. The lowest BCUT2D eigenvalue weighted by molar-refractivity contribution is -0.145. The molecule has 0 bridgehead atoms. The molecule has 0 rings (SSSR count). The van der Waals surface area contributed by atoms with E-state index in [1.165, 1.54) is 64.2 Å². The molecular formula is C19H36O3. The van der Waals surface area contributed by atoms with E-state index in [1.54, 1.807) is 6.92 Å². The Balaban J connectivity index is 3.20. The fourth-order valence-corrected chi connectivity index (χ4v) is 2.62. The van der Waals surface area contributed by atoms with E-state index >= 15 is 0 Å². The van der Waals surface area contributed by atoms with Crippen LogP contribution in [0.2, 0.25) is 0 Å². The monoisotopic (exact) mass is 312 g/mol. The van der Waals surface area contributed by atoms with E-state index < -0.39 is 0 Å². The van der Waals surface area contributed by atoms with E-state index in [1.807, 2.05) is 0 Å². The van der Waals surface area contributed by atoms with Gasteiger partial charge in [0.15, 0.2) is 0 Å². The number of ether oxygens (including phenoxy) is 1. The van der Waals surface area contributed by atoms with Gasteiger partial charge >= 0.3 is 5.97 Å². The van der Waals surface area contributed by atoms with Crippen LogP contribution in [-0.4, -0.2) is 18.4 Å². The summed E-state index contributed by atoms with van der Waals surface area (Å²) in [4.78, 5) is 22.6. The number of ketones is 1. The maximum atomic E-state index is 11.5. The second-order valence-electron chi connectivity index (χ2n) is 6.16. The normalized spacial score (nSPS) is 10.6. The van der Waals surface area contributed by atoms with E-state index in [2.05, 4.69) is 6.92 Å². The van der Waals surface area contributed by atoms with Gasteiger partial charge in [-0.3, -0.25) is 9.59 Å². The molecule has 0 fully saturated rings. The number of Topliss-reactive ketones (excluding diaryl/α,β-unsaturated/α-hetero) is 1. The van der Waals surface area contributed by atoms with Crippen LogP contribution in [0.5, 0.6) is 0 Å². The van der Waals surface area contributed by atoms with Crippen molar-refractivity contribution in [2.24, 2.45) is 0 Å². The van der Waals surface area contributed by atoms with Gasteiger partial charge in [-0.05, 0) is 13.3 Å². The lowest BCUT2D eigenvalue weighted by atomic mass is 10.0. The van der Waals surface area contributed by atoms with Crippen molar-refractivity contribution in [1.82, 2.24) is 0 Å². The molecule has 0 aliphatic rings. The highest BCUT2D eigenvalue weighted by Gasteiger charge is 2.09. The first-order valence-electron chi connectivity index (χ1n) is 9.38. The average Bonchev–Trinajstić information content (AvgIpc) is 2.48. The smallest absolute Gasteiger partial charge is 0.313 e. The summed E-state index contributed by atoms with van der Waals surface area (Å²) in [6.45, 7) is 4.36. The molecule has 0 saturated heterocycles. The largest absolute Gasteiger partial charge is 0.466 e. The zero-order valence-electron chi connectivity index (χ0n) is 14.8. The Hall–Kier alpha value is -0.860. The third kappa shape index (κ3) is 15.5. The molecule has 0 unspecified atom stereocenters. The first-order chi connectivity index (χ1) is 10.7. The fourth-order valence-electron chi connectivity index (χ4n) is 2.62. The highest BCUT2D eigenvalue weighted by molar-refractivity contribution is 5.95. The summed E-state index contributed by atoms with van der Waals surface area (Å²) in [7, 11) is 0. The predicted octanol–water partition coefficient (Wildman–Crippen LogP) is 5.60. The molecule has 0 aromatic heterocycles. The van der Waals surface area contributed by atoms with Crippen molar-refractivity contribution < 1.29 is 14.3 Å². The minimum absolute atomic E-state index is 0.0190. The summed E-state index contributed by atoms with van der Waals surface area (Å²) >= 11 is 0. The van der Waals surface area contributed by atoms with Crippen molar-refractivity contribution in [1.29, 1.82) is 0 Å². The van der Waals surface area contributed by atoms with Crippen molar-refractivity contribution in [3.63, 3.8) is 0 Å². The molecule has 0 spiro atoms. The van der Waals surface area contributed by atoms with Crippen LogP contribution in [0.15, 0.2) is 0 Å². The third-order valence-corrected chi connectivity index (χ3v) is 3.96. The van der Waals surface area contributed by atoms with E-state index in [0.717, 1.165) is 12.8 Å². The molecule has 0 aromatic carbocycles. The molecule has 3 nitrogen and oxygen atoms in total. The van der Waals surface area contributed by atoms with Gasteiger partial charge in [-0.15, -0.1) is 0 Å². The molecule has 0 aliphatic heterocycles. The molecule has 0 amide bonds. The van der Waals surface area contributed by atoms with Gasteiger partial charge in [0, 0.05) is 6.42 Å². The minimum atomic E-state index is -0.383. The van der Waals surface area contributed by atoms with Crippen LogP contribution in [0.25, 0.3) is 0 Å². The minimum Gasteiger partial charge on any atom is -0.466 e. The zero-order chi connectivity index (χ0) is 16.5. The topological polar surface area (TPSA) is 43.4 Å². The highest BCUT2D eigenvalue weighted by atomic mass is 16.5. The number of esters is 1. The summed E-state index contributed by atoms with van der Waals surface area (Å²) in [5, 5.41) is 0. The standard InChI is InChI=1S/C19H36O3/c1-3-5-6-7-8-9-10-11-12-13-14-15-16-18(20)17-19(21)22-4-2/h3-17H2,1-2H3. The fraction of sp³-hybridized carbons (Fsp3) is 0.895. The van der Waals surface area contributed by atoms with Crippen LogP contribution in [-0.2, 0) is 14.3 Å². The second-order valence-corrected chi connectivity index (χ2v) is 6.16. The van der Waals surface area contributed by atoms with Gasteiger partial charge in [0.1, 0.15) is 12.2 Å². The van der Waals surface area contributed by atoms with E-state index in [4.69, 9.17) is 4.74 Å². The van der Waals surface area contributed by atoms with Gasteiger partial charge in [-0.1, -0.05) is 77.6 Å². The number of carbonyl (C=O) groups excluding carboxylic acids is 2. The van der Waals surface area contributed by atoms with Crippen molar-refractivity contribution >= 4 is 11.8 Å². The van der Waals surface area contributed by atoms with E-state index in [9.17, 15) is 9.59 Å². The lowest BCUT2D eigenvalue weighted by Crippen LogP contribution is -2.10. The molecule has 130 valence electrons. The summed E-state index contributed by atoms with van der Waals surface area (Å²) in [6, 6.07) is 0. The number of carbonyl (C=O) groups is 2. The van der Waals surface area contributed by atoms with Gasteiger partial charge in [0.25, 0.3) is 0 Å². The third-order valence-electron chi connectivity index (χ3n) is 3.96. The maximum absolute atomic E-state index is 11.5. The van der Waals surface area contributed by atoms with E-state index in [0.29, 0.717) is 13.0 Å². The van der Waals surface area contributed by atoms with Gasteiger partial charge in [-0.25, -0.2) is 0 Å². The first-order valence-corrected chi connectivity index (χ1v) is 9.38. The SMILES string of the molecule is CCCCCCCCCCCCCCC(=O)CC(=O)OCC. The van der Waals surface area contributed by atoms with Crippen LogP contribution < -0.4 is 0 Å². The van der Waals surface area contributed by atoms with Gasteiger partial charge in [0.2, 0.25) is 0 Å². The molecule has 0 aliphatic carbocycles. The molecule has 0 atom stereocenters. The average molecular weight is 312 g/mol. The Labute approximate surface area is 137 Å². The molecule has 22 heavy (non-hydrogen) atoms. The number of hydrogen-bond donors (Lipinski definition) is 0. The predicted molar refractivity (Wildman–Crippen MR) is 92.0 cm³/mol. The Morgan fingerprint density at radius 3 is 1.59 bits per heavy atom. The molecule has 0 N–H and O–H groups in total. The lowest BCUT2D eigenvalue weighted by Gasteiger charge is -2.03. The van der Waals surface area contributed by atoms with Crippen LogP contribution in [0.3, 0.4) is 0 Å². The van der Waals surface area contributed by atoms with Crippen molar-refractivity contribution in [3.05, 3.63) is 0 Å². The number of unbranched alkanes of at least 4 members (excludes halogenated alkanes) is 11. The molecule has 0 saturated carbocycles. The van der Waals surface area contributed by atoms with Gasteiger partial charge in [0.05, 0.1) is 6.61 Å². The van der Waals surface area contributed by atoms with Crippen molar-refractivity contribution in [3.8, 4) is 0 Å². The Bertz CT molecular complexity index is 274. The van der Waals surface area contributed by atoms with E-state index in [-0.39, 0.29) is 18.2 Å². The second kappa shape index (κ2) is 16.5. The van der Waals surface area contributed by atoms with Crippen LogP contribution in [0, 0.1) is 0 Å². The van der Waals surface area contributed by atoms with Gasteiger partial charge < -0.3 is 4.74 Å². The summed E-state index contributed by atoms with van der Waals surface area (Å²) in [5.74, 6) is -0.364. The first kappa shape index (κ1) is 21.1. The Morgan fingerprint density at radius 2 is 1.14 bits per heavy atom. The molecular weight excluding hydrogens is 276 g/mol. The quantitative estimate of drug-likeness (QED) is 0.212. The zero-order valence-corrected chi connectivity index (χ0v) is 14.8. The molecule has 0 aromatic rings. The van der Waals surface area contributed by atoms with Crippen LogP contribution in [0.4, 0.5) is 0 Å². The van der Waals surface area contributed by atoms with Crippen molar-refractivity contribution in [2.75, 3.05) is 6.61 Å². The Morgan fingerprint density at radius 1 is 0.682 bits per heavy atom. The van der Waals surface area contributed by atoms with Crippen molar-refractivity contribution in [2.45, 2.75) is 104 Å². The summed E-state index contributed by atoms with van der Waals surface area (Å²) in [6.07, 6.45) is 15.9. The van der Waals surface area contributed by atoms with Gasteiger partial charge in [-0.2, -0.15) is 0 Å². The summed E-state index contributed by atoms with van der Waals surface area (Å²) in [5.41, 5.74) is 0.